The lowest BCUT2D eigenvalue weighted by atomic mass is 9.61. The molecule has 0 spiro atoms. The molecule has 1 fully saturated rings. The number of fused-ring (bicyclic) bond motifs is 3. The molecule has 1 heterocycles. The number of nitrogens with zero attached hydrogens (tertiary/aromatic N) is 1. The summed E-state index contributed by atoms with van der Waals surface area (Å²) in [5.74, 6) is 0. The molecule has 29 heavy (non-hydrogen) atoms. The standard InChI is InChI=1S/C26H24Cl2N/c1-25-12-6-7-13-26(25,2)29(22-16-20(27)15-21(28)17-22)24-11-10-19(14-23(24)25)18-8-4-3-5-9-18/h3-6,8-11,14-17H,7,12-13H2,1-2H3/q+1. The van der Waals surface area contributed by atoms with Gasteiger partial charge in [-0.2, -0.15) is 0 Å². The van der Waals surface area contributed by atoms with E-state index in [0.717, 1.165) is 24.9 Å². The first-order chi connectivity index (χ1) is 13.9. The maximum Gasteiger partial charge on any atom is 0.0992 e. The maximum absolute atomic E-state index is 6.40. The van der Waals surface area contributed by atoms with Crippen molar-refractivity contribution in [1.82, 2.24) is 0 Å². The molecule has 1 saturated carbocycles. The van der Waals surface area contributed by atoms with Gasteiger partial charge in [-0.05, 0) is 60.9 Å². The van der Waals surface area contributed by atoms with E-state index >= 15 is 0 Å². The van der Waals surface area contributed by atoms with E-state index in [-0.39, 0.29) is 11.0 Å². The Morgan fingerprint density at radius 1 is 0.862 bits per heavy atom. The molecule has 5 rings (SSSR count). The first-order valence-corrected chi connectivity index (χ1v) is 11.0. The normalized spacial score (nSPS) is 25.3. The molecule has 0 N–H and O–H groups in total. The van der Waals surface area contributed by atoms with Gasteiger partial charge in [-0.3, -0.25) is 0 Å². The van der Waals surface area contributed by atoms with Crippen molar-refractivity contribution in [1.29, 1.82) is 0 Å². The number of rotatable bonds is 2. The van der Waals surface area contributed by atoms with Gasteiger partial charge in [0.25, 0.3) is 0 Å². The number of benzene rings is 3. The lowest BCUT2D eigenvalue weighted by Gasteiger charge is -2.47. The Morgan fingerprint density at radius 2 is 1.59 bits per heavy atom. The van der Waals surface area contributed by atoms with Crippen LogP contribution in [0.2, 0.25) is 10.0 Å². The van der Waals surface area contributed by atoms with Gasteiger partial charge in [0.05, 0.1) is 30.2 Å². The summed E-state index contributed by atoms with van der Waals surface area (Å²) in [5.41, 5.74) is 6.27. The zero-order chi connectivity index (χ0) is 20.2. The average Bonchev–Trinajstić information content (AvgIpc) is 2.91. The van der Waals surface area contributed by atoms with Crippen molar-refractivity contribution in [2.75, 3.05) is 4.90 Å². The molecule has 0 radical (unpaired) electrons. The molecule has 0 amide bonds. The molecule has 0 saturated heterocycles. The fraction of sp³-hybridized carbons (Fsp3) is 0.269. The second-order valence-corrected chi connectivity index (χ2v) is 9.57. The summed E-state index contributed by atoms with van der Waals surface area (Å²) in [7, 11) is 0. The highest BCUT2D eigenvalue weighted by molar-refractivity contribution is 6.35. The summed E-state index contributed by atoms with van der Waals surface area (Å²) in [6.07, 6.45) is 5.74. The third-order valence-electron chi connectivity index (χ3n) is 7.11. The minimum absolute atomic E-state index is 0.0279. The highest BCUT2D eigenvalue weighted by Gasteiger charge is 2.60. The molecule has 2 atom stereocenters. The van der Waals surface area contributed by atoms with Crippen LogP contribution in [0.25, 0.3) is 11.1 Å². The monoisotopic (exact) mass is 420 g/mol. The largest absolute Gasteiger partial charge is 0.334 e. The Hall–Kier alpha value is -2.09. The predicted octanol–water partition coefficient (Wildman–Crippen LogP) is 8.22. The SMILES string of the molecule is CC12C[CH+]CCC1(C)N(c1cc(Cl)cc(Cl)c1)c1ccc(-c3ccccc3)cc12. The molecule has 3 aromatic carbocycles. The molecule has 146 valence electrons. The van der Waals surface area contributed by atoms with Gasteiger partial charge in [-0.25, -0.2) is 0 Å². The van der Waals surface area contributed by atoms with Crippen molar-refractivity contribution in [3.05, 3.63) is 88.8 Å². The molecule has 2 aliphatic rings. The Bertz CT molecular complexity index is 1060. The zero-order valence-electron chi connectivity index (χ0n) is 16.8. The van der Waals surface area contributed by atoms with Crippen LogP contribution in [0.1, 0.15) is 38.7 Å². The van der Waals surface area contributed by atoms with Crippen LogP contribution >= 0.6 is 23.2 Å². The second kappa shape index (κ2) is 6.72. The summed E-state index contributed by atoms with van der Waals surface area (Å²) >= 11 is 12.8. The van der Waals surface area contributed by atoms with Gasteiger partial charge in [0.2, 0.25) is 0 Å². The van der Waals surface area contributed by atoms with E-state index in [1.165, 1.54) is 22.4 Å². The molecule has 3 aromatic rings. The number of hydrogen-bond donors (Lipinski definition) is 0. The van der Waals surface area contributed by atoms with Gasteiger partial charge in [-0.15, -0.1) is 0 Å². The summed E-state index contributed by atoms with van der Waals surface area (Å²) in [5, 5.41) is 1.35. The van der Waals surface area contributed by atoms with Gasteiger partial charge in [0, 0.05) is 27.8 Å². The average molecular weight is 421 g/mol. The molecular formula is C26H24Cl2N+. The third kappa shape index (κ3) is 2.79. The Balaban J connectivity index is 1.74. The van der Waals surface area contributed by atoms with E-state index in [2.05, 4.69) is 73.7 Å². The van der Waals surface area contributed by atoms with Crippen LogP contribution in [-0.2, 0) is 5.41 Å². The molecule has 1 nitrogen and oxygen atoms in total. The van der Waals surface area contributed by atoms with Crippen molar-refractivity contribution < 1.29 is 0 Å². The molecule has 0 aromatic heterocycles. The Labute approximate surface area is 183 Å². The molecule has 2 unspecified atom stereocenters. The smallest absolute Gasteiger partial charge is 0.0992 e. The second-order valence-electron chi connectivity index (χ2n) is 8.70. The van der Waals surface area contributed by atoms with Gasteiger partial charge in [-0.1, -0.05) is 59.6 Å². The Morgan fingerprint density at radius 3 is 2.31 bits per heavy atom. The van der Waals surface area contributed by atoms with E-state index in [1.807, 2.05) is 12.1 Å². The number of hydrogen-bond acceptors (Lipinski definition) is 1. The van der Waals surface area contributed by atoms with Gasteiger partial charge < -0.3 is 4.90 Å². The van der Waals surface area contributed by atoms with Crippen LogP contribution in [0, 0.1) is 6.42 Å². The highest BCUT2D eigenvalue weighted by Crippen LogP contribution is 2.61. The van der Waals surface area contributed by atoms with E-state index < -0.39 is 0 Å². The fourth-order valence-corrected chi connectivity index (χ4v) is 5.88. The molecule has 0 bridgehead atoms. The van der Waals surface area contributed by atoms with Crippen LogP contribution in [0.5, 0.6) is 0 Å². The van der Waals surface area contributed by atoms with Crippen LogP contribution in [-0.4, -0.2) is 5.54 Å². The minimum atomic E-state index is -0.0343. The van der Waals surface area contributed by atoms with E-state index in [9.17, 15) is 0 Å². The quantitative estimate of drug-likeness (QED) is 0.377. The van der Waals surface area contributed by atoms with Crippen LogP contribution < -0.4 is 4.90 Å². The summed E-state index contributed by atoms with van der Waals surface area (Å²) in [6, 6.07) is 23.4. The molecular weight excluding hydrogens is 397 g/mol. The first-order valence-electron chi connectivity index (χ1n) is 10.2. The summed E-state index contributed by atoms with van der Waals surface area (Å²) in [6.45, 7) is 4.82. The summed E-state index contributed by atoms with van der Waals surface area (Å²) in [4.78, 5) is 2.49. The van der Waals surface area contributed by atoms with E-state index in [0.29, 0.717) is 10.0 Å². The van der Waals surface area contributed by atoms with Gasteiger partial charge >= 0.3 is 0 Å². The minimum Gasteiger partial charge on any atom is -0.334 e. The summed E-state index contributed by atoms with van der Waals surface area (Å²) < 4.78 is 0. The molecule has 3 heteroatoms. The van der Waals surface area contributed by atoms with Crippen LogP contribution in [0.4, 0.5) is 11.4 Å². The van der Waals surface area contributed by atoms with Crippen molar-refractivity contribution >= 4 is 34.6 Å². The van der Waals surface area contributed by atoms with Crippen molar-refractivity contribution in [3.8, 4) is 11.1 Å². The van der Waals surface area contributed by atoms with Crippen LogP contribution in [0.15, 0.2) is 66.7 Å². The maximum atomic E-state index is 6.40. The van der Waals surface area contributed by atoms with Crippen molar-refractivity contribution in [2.45, 2.75) is 44.1 Å². The topological polar surface area (TPSA) is 3.24 Å². The van der Waals surface area contributed by atoms with Crippen molar-refractivity contribution in [2.24, 2.45) is 0 Å². The number of halogens is 2. The fourth-order valence-electron chi connectivity index (χ4n) is 5.37. The molecule has 1 aliphatic heterocycles. The zero-order valence-corrected chi connectivity index (χ0v) is 18.3. The third-order valence-corrected chi connectivity index (χ3v) is 7.55. The number of anilines is 2. The molecule has 1 aliphatic carbocycles. The van der Waals surface area contributed by atoms with Crippen molar-refractivity contribution in [3.63, 3.8) is 0 Å². The van der Waals surface area contributed by atoms with Gasteiger partial charge in [0.15, 0.2) is 0 Å². The first kappa shape index (κ1) is 18.9. The van der Waals surface area contributed by atoms with E-state index in [4.69, 9.17) is 23.2 Å². The lowest BCUT2D eigenvalue weighted by molar-refractivity contribution is 0.226. The predicted molar refractivity (Wildman–Crippen MR) is 124 cm³/mol. The Kier molecular flexibility index (Phi) is 4.38. The van der Waals surface area contributed by atoms with E-state index in [1.54, 1.807) is 6.07 Å². The van der Waals surface area contributed by atoms with Crippen LogP contribution in [0.3, 0.4) is 0 Å². The highest BCUT2D eigenvalue weighted by atomic mass is 35.5. The lowest BCUT2D eigenvalue weighted by Crippen LogP contribution is -2.54. The van der Waals surface area contributed by atoms with Gasteiger partial charge in [0.1, 0.15) is 0 Å².